The van der Waals surface area contributed by atoms with Gasteiger partial charge in [0.1, 0.15) is 0 Å². The van der Waals surface area contributed by atoms with Gasteiger partial charge >= 0.3 is 0 Å². The van der Waals surface area contributed by atoms with E-state index in [1.807, 2.05) is 50.2 Å². The monoisotopic (exact) mass is 483 g/mol. The summed E-state index contributed by atoms with van der Waals surface area (Å²) in [6.45, 7) is 7.53. The lowest BCUT2D eigenvalue weighted by molar-refractivity contribution is -0.132. The molecule has 1 saturated heterocycles. The summed E-state index contributed by atoms with van der Waals surface area (Å²) < 4.78 is 5.47. The van der Waals surface area contributed by atoms with Crippen LogP contribution in [0.5, 0.6) is 0 Å². The number of rotatable bonds is 9. The topological polar surface area (TPSA) is 74.2 Å². The minimum atomic E-state index is -0.653. The van der Waals surface area contributed by atoms with E-state index in [-0.39, 0.29) is 17.9 Å². The van der Waals surface area contributed by atoms with Crippen LogP contribution in [0.2, 0.25) is 0 Å². The molecule has 0 aliphatic carbocycles. The molecule has 1 amide bonds. The van der Waals surface area contributed by atoms with E-state index in [0.29, 0.717) is 13.2 Å². The third kappa shape index (κ3) is 6.21. The maximum atomic E-state index is 13.6. The van der Waals surface area contributed by atoms with Gasteiger partial charge in [0, 0.05) is 48.3 Å². The predicted octanol–water partition coefficient (Wildman–Crippen LogP) is 6.38. The van der Waals surface area contributed by atoms with Gasteiger partial charge in [-0.25, -0.2) is 0 Å². The molecule has 1 aliphatic rings. The first kappa shape index (κ1) is 25.6. The summed E-state index contributed by atoms with van der Waals surface area (Å²) >= 11 is 0. The molecule has 5 nitrogen and oxygen atoms in total. The first-order valence-corrected chi connectivity index (χ1v) is 12.8. The summed E-state index contributed by atoms with van der Waals surface area (Å²) in [6.07, 6.45) is 3.82. The molecule has 0 saturated carbocycles. The fourth-order valence-electron chi connectivity index (χ4n) is 4.83. The normalized spacial score (nSPS) is 15.2. The van der Waals surface area contributed by atoms with E-state index in [0.717, 1.165) is 41.8 Å². The minimum Gasteiger partial charge on any atom is -0.381 e. The number of anilines is 2. The van der Waals surface area contributed by atoms with Crippen LogP contribution in [0.3, 0.4) is 0 Å². The summed E-state index contributed by atoms with van der Waals surface area (Å²) in [6, 6.07) is 24.9. The molecule has 3 aromatic carbocycles. The molecule has 3 N–H and O–H groups in total. The van der Waals surface area contributed by atoms with Crippen molar-refractivity contribution in [2.45, 2.75) is 52.0 Å². The quantitative estimate of drug-likeness (QED) is 0.309. The molecule has 0 spiro atoms. The average molecular weight is 484 g/mol. The van der Waals surface area contributed by atoms with Gasteiger partial charge in [0.2, 0.25) is 5.91 Å². The first-order chi connectivity index (χ1) is 17.4. The second kappa shape index (κ2) is 11.5. The summed E-state index contributed by atoms with van der Waals surface area (Å²) in [5, 5.41) is 14.8. The Morgan fingerprint density at radius 1 is 1.06 bits per heavy atom. The molecule has 1 unspecified atom stereocenters. The molecule has 4 rings (SSSR count). The molecule has 1 aliphatic heterocycles. The molecule has 0 bridgehead atoms. The third-order valence-corrected chi connectivity index (χ3v) is 7.26. The van der Waals surface area contributed by atoms with Crippen LogP contribution in [0.1, 0.15) is 54.9 Å². The van der Waals surface area contributed by atoms with E-state index in [9.17, 15) is 4.79 Å². The Morgan fingerprint density at radius 2 is 1.75 bits per heavy atom. The van der Waals surface area contributed by atoms with Gasteiger partial charge in [0.15, 0.2) is 0 Å². The molecule has 36 heavy (non-hydrogen) atoms. The van der Waals surface area contributed by atoms with E-state index in [1.165, 1.54) is 17.3 Å². The molecule has 3 aromatic rings. The predicted molar refractivity (Wildman–Crippen MR) is 147 cm³/mol. The second-order valence-corrected chi connectivity index (χ2v) is 10.3. The third-order valence-electron chi connectivity index (χ3n) is 7.26. The number of aryl methyl sites for hydroxylation is 1. The van der Waals surface area contributed by atoms with Crippen molar-refractivity contribution in [3.63, 3.8) is 0 Å². The van der Waals surface area contributed by atoms with Crippen molar-refractivity contribution in [3.8, 4) is 0 Å². The van der Waals surface area contributed by atoms with Gasteiger partial charge in [0.25, 0.3) is 0 Å². The zero-order chi connectivity index (χ0) is 25.5. The summed E-state index contributed by atoms with van der Waals surface area (Å²) in [7, 11) is 0. The Labute approximate surface area is 214 Å². The van der Waals surface area contributed by atoms with Crippen LogP contribution >= 0.6 is 0 Å². The van der Waals surface area contributed by atoms with E-state index in [1.54, 1.807) is 0 Å². The van der Waals surface area contributed by atoms with E-state index in [2.05, 4.69) is 54.0 Å². The number of carbonyl (C=O) groups is 1. The SMILES string of the molecule is Cc1ccc(Nc2ccc(C(Cc3ccccc3)C(C)(C)C(=O)NC3CCOCC3)cc2C=N)cc1. The van der Waals surface area contributed by atoms with Crippen LogP contribution in [0, 0.1) is 17.7 Å². The van der Waals surface area contributed by atoms with Crippen molar-refractivity contribution in [1.82, 2.24) is 5.32 Å². The lowest BCUT2D eigenvalue weighted by Crippen LogP contribution is -2.47. The molecule has 1 heterocycles. The number of carbonyl (C=O) groups excluding carboxylic acids is 1. The maximum Gasteiger partial charge on any atom is 0.226 e. The fraction of sp³-hybridized carbons (Fsp3) is 0.355. The summed E-state index contributed by atoms with van der Waals surface area (Å²) in [4.78, 5) is 13.6. The van der Waals surface area contributed by atoms with E-state index < -0.39 is 5.41 Å². The van der Waals surface area contributed by atoms with Gasteiger partial charge in [-0.3, -0.25) is 4.79 Å². The van der Waals surface area contributed by atoms with E-state index >= 15 is 0 Å². The van der Waals surface area contributed by atoms with Crippen molar-refractivity contribution in [2.75, 3.05) is 18.5 Å². The Bertz CT molecular complexity index is 1170. The molecule has 1 fully saturated rings. The first-order valence-electron chi connectivity index (χ1n) is 12.8. The van der Waals surface area contributed by atoms with Crippen LogP contribution in [-0.4, -0.2) is 31.4 Å². The Kier molecular flexibility index (Phi) is 8.21. The minimum absolute atomic E-state index is 0.0631. The number of nitrogens with one attached hydrogen (secondary N) is 3. The lowest BCUT2D eigenvalue weighted by atomic mass is 9.71. The summed E-state index contributed by atoms with van der Waals surface area (Å²) in [5.74, 6) is 0.000423. The average Bonchev–Trinajstić information content (AvgIpc) is 2.90. The highest BCUT2D eigenvalue weighted by atomic mass is 16.5. The van der Waals surface area contributed by atoms with Gasteiger partial charge in [-0.05, 0) is 61.6 Å². The Balaban J connectivity index is 1.64. The molecule has 5 heteroatoms. The van der Waals surface area contributed by atoms with Crippen LogP contribution in [0.25, 0.3) is 0 Å². The number of hydrogen-bond acceptors (Lipinski definition) is 4. The van der Waals surface area contributed by atoms with Crippen molar-refractivity contribution in [1.29, 1.82) is 5.41 Å². The number of amides is 1. The highest BCUT2D eigenvalue weighted by molar-refractivity contribution is 5.88. The molecular formula is C31H37N3O2. The number of ether oxygens (including phenoxy) is 1. The smallest absolute Gasteiger partial charge is 0.226 e. The molecule has 0 aromatic heterocycles. The van der Waals surface area contributed by atoms with Crippen molar-refractivity contribution < 1.29 is 9.53 Å². The maximum absolute atomic E-state index is 13.6. The standard InChI is InChI=1S/C31H37N3O2/c1-22-9-12-26(13-10-22)33-29-14-11-24(20-25(29)21-32)28(19-23-7-5-4-6-8-23)31(2,3)30(35)34-27-15-17-36-18-16-27/h4-14,20-21,27-28,32-33H,15-19H2,1-3H3,(H,34,35). The van der Waals surface area contributed by atoms with Gasteiger partial charge in [0.05, 0.1) is 5.41 Å². The largest absolute Gasteiger partial charge is 0.381 e. The van der Waals surface area contributed by atoms with Crippen LogP contribution in [-0.2, 0) is 16.0 Å². The van der Waals surface area contributed by atoms with Crippen molar-refractivity contribution in [2.24, 2.45) is 5.41 Å². The molecule has 0 radical (unpaired) electrons. The molecule has 1 atom stereocenters. The van der Waals surface area contributed by atoms with Crippen LogP contribution in [0.15, 0.2) is 72.8 Å². The van der Waals surface area contributed by atoms with Gasteiger partial charge in [-0.1, -0.05) is 67.9 Å². The van der Waals surface area contributed by atoms with Gasteiger partial charge in [-0.15, -0.1) is 0 Å². The Hall–Kier alpha value is -3.44. The van der Waals surface area contributed by atoms with E-state index in [4.69, 9.17) is 10.1 Å². The molecular weight excluding hydrogens is 446 g/mol. The number of benzene rings is 3. The van der Waals surface area contributed by atoms with Crippen molar-refractivity contribution >= 4 is 23.5 Å². The van der Waals surface area contributed by atoms with Crippen molar-refractivity contribution in [3.05, 3.63) is 95.1 Å². The second-order valence-electron chi connectivity index (χ2n) is 10.3. The van der Waals surface area contributed by atoms with Gasteiger partial charge in [-0.2, -0.15) is 0 Å². The lowest BCUT2D eigenvalue weighted by Gasteiger charge is -2.36. The van der Waals surface area contributed by atoms with Gasteiger partial charge < -0.3 is 20.8 Å². The summed E-state index contributed by atoms with van der Waals surface area (Å²) in [5.41, 5.74) is 5.44. The zero-order valence-corrected chi connectivity index (χ0v) is 21.5. The highest BCUT2D eigenvalue weighted by Crippen LogP contribution is 2.40. The number of hydrogen-bond donors (Lipinski definition) is 3. The zero-order valence-electron chi connectivity index (χ0n) is 21.5. The fourth-order valence-corrected chi connectivity index (χ4v) is 4.83. The molecule has 188 valence electrons. The Morgan fingerprint density at radius 3 is 2.42 bits per heavy atom. The van der Waals surface area contributed by atoms with Crippen LogP contribution in [0.4, 0.5) is 11.4 Å². The van der Waals surface area contributed by atoms with Crippen LogP contribution < -0.4 is 10.6 Å². The highest BCUT2D eigenvalue weighted by Gasteiger charge is 2.39.